The van der Waals surface area contributed by atoms with E-state index >= 15 is 0 Å². The van der Waals surface area contributed by atoms with Crippen molar-refractivity contribution in [2.24, 2.45) is 0 Å². The van der Waals surface area contributed by atoms with Crippen molar-refractivity contribution >= 4 is 5.97 Å². The van der Waals surface area contributed by atoms with Gasteiger partial charge >= 0.3 is 5.97 Å². The van der Waals surface area contributed by atoms with Crippen LogP contribution in [0.1, 0.15) is 52.4 Å². The monoisotopic (exact) mass is 202 g/mol. The molecule has 1 atom stereocenters. The Morgan fingerprint density at radius 3 is 2.64 bits per heavy atom. The van der Waals surface area contributed by atoms with Crippen LogP contribution in [0.25, 0.3) is 0 Å². The van der Waals surface area contributed by atoms with E-state index in [1.807, 2.05) is 13.8 Å². The first-order chi connectivity index (χ1) is 6.70. The summed E-state index contributed by atoms with van der Waals surface area (Å²) >= 11 is 0. The molecule has 0 aliphatic carbocycles. The minimum atomic E-state index is -0.207. The van der Waals surface area contributed by atoms with E-state index in [0.717, 1.165) is 32.1 Å². The van der Waals surface area contributed by atoms with Gasteiger partial charge in [-0.3, -0.25) is 4.79 Å². The van der Waals surface area contributed by atoms with Gasteiger partial charge in [0.25, 0.3) is 0 Å². The van der Waals surface area contributed by atoms with Gasteiger partial charge in [0.05, 0.1) is 12.7 Å². The molecule has 3 heteroatoms. The van der Waals surface area contributed by atoms with Crippen LogP contribution < -0.4 is 0 Å². The highest BCUT2D eigenvalue weighted by Crippen LogP contribution is 2.06. The maximum absolute atomic E-state index is 11.0. The summed E-state index contributed by atoms with van der Waals surface area (Å²) in [6.07, 6.45) is 4.45. The van der Waals surface area contributed by atoms with Gasteiger partial charge in [-0.05, 0) is 25.7 Å². The first-order valence-corrected chi connectivity index (χ1v) is 5.54. The third-order valence-electron chi connectivity index (χ3n) is 2.11. The van der Waals surface area contributed by atoms with Crippen LogP contribution in [0.15, 0.2) is 0 Å². The molecule has 0 fully saturated rings. The van der Waals surface area contributed by atoms with Gasteiger partial charge in [0.1, 0.15) is 0 Å². The highest BCUT2D eigenvalue weighted by Gasteiger charge is 2.04. The molecule has 0 rings (SSSR count). The lowest BCUT2D eigenvalue weighted by Crippen LogP contribution is -2.07. The van der Waals surface area contributed by atoms with Gasteiger partial charge < -0.3 is 9.84 Å². The van der Waals surface area contributed by atoms with Crippen LogP contribution >= 0.6 is 0 Å². The molecule has 1 unspecified atom stereocenters. The smallest absolute Gasteiger partial charge is 0.305 e. The van der Waals surface area contributed by atoms with Gasteiger partial charge in [0.2, 0.25) is 0 Å². The summed E-state index contributed by atoms with van der Waals surface area (Å²) in [4.78, 5) is 11.0. The Labute approximate surface area is 86.5 Å². The molecule has 0 aromatic carbocycles. The van der Waals surface area contributed by atoms with Crippen LogP contribution in [0.4, 0.5) is 0 Å². The molecule has 0 saturated heterocycles. The van der Waals surface area contributed by atoms with E-state index in [0.29, 0.717) is 13.0 Å². The molecule has 1 N–H and O–H groups in total. The fraction of sp³-hybridized carbons (Fsp3) is 0.909. The van der Waals surface area contributed by atoms with Crippen LogP contribution in [-0.4, -0.2) is 23.8 Å². The summed E-state index contributed by atoms with van der Waals surface area (Å²) in [5.41, 5.74) is 0. The average Bonchev–Trinajstić information content (AvgIpc) is 2.21. The zero-order valence-corrected chi connectivity index (χ0v) is 9.29. The number of carbonyl (C=O) groups excluding carboxylic acids is 1. The number of hydrogen-bond donors (Lipinski definition) is 1. The standard InChI is InChI=1S/C11H22O3/c1-3-9-14-11(13)8-6-5-7-10(12)4-2/h10,12H,3-9H2,1-2H3. The number of carbonyl (C=O) groups is 1. The van der Waals surface area contributed by atoms with E-state index in [-0.39, 0.29) is 12.1 Å². The number of unbranched alkanes of at least 4 members (excludes halogenated alkanes) is 1. The molecule has 0 aliphatic rings. The van der Waals surface area contributed by atoms with Crippen LogP contribution in [0, 0.1) is 0 Å². The highest BCUT2D eigenvalue weighted by atomic mass is 16.5. The molecule has 3 nitrogen and oxygen atoms in total. The number of ether oxygens (including phenoxy) is 1. The Morgan fingerprint density at radius 1 is 1.36 bits per heavy atom. The largest absolute Gasteiger partial charge is 0.466 e. The van der Waals surface area contributed by atoms with Crippen molar-refractivity contribution < 1.29 is 14.6 Å². The number of esters is 1. The van der Waals surface area contributed by atoms with Crippen LogP contribution in [0.2, 0.25) is 0 Å². The lowest BCUT2D eigenvalue weighted by atomic mass is 10.1. The van der Waals surface area contributed by atoms with Gasteiger partial charge in [0, 0.05) is 6.42 Å². The minimum Gasteiger partial charge on any atom is -0.466 e. The lowest BCUT2D eigenvalue weighted by molar-refractivity contribution is -0.143. The van der Waals surface area contributed by atoms with Crippen molar-refractivity contribution in [1.29, 1.82) is 0 Å². The number of hydrogen-bond acceptors (Lipinski definition) is 3. The first kappa shape index (κ1) is 13.4. The predicted octanol–water partition coefficient (Wildman–Crippen LogP) is 2.27. The summed E-state index contributed by atoms with van der Waals surface area (Å²) in [5.74, 6) is -0.113. The van der Waals surface area contributed by atoms with Gasteiger partial charge in [-0.2, -0.15) is 0 Å². The quantitative estimate of drug-likeness (QED) is 0.485. The second-order valence-electron chi connectivity index (χ2n) is 3.53. The van der Waals surface area contributed by atoms with Crippen molar-refractivity contribution in [1.82, 2.24) is 0 Å². The molecule has 0 heterocycles. The van der Waals surface area contributed by atoms with Crippen LogP contribution in [0.5, 0.6) is 0 Å². The topological polar surface area (TPSA) is 46.5 Å². The Balaban J connectivity index is 3.22. The Hall–Kier alpha value is -0.570. The highest BCUT2D eigenvalue weighted by molar-refractivity contribution is 5.69. The van der Waals surface area contributed by atoms with Crippen molar-refractivity contribution in [3.8, 4) is 0 Å². The van der Waals surface area contributed by atoms with Crippen molar-refractivity contribution in [2.45, 2.75) is 58.5 Å². The molecular formula is C11H22O3. The van der Waals surface area contributed by atoms with Crippen LogP contribution in [0.3, 0.4) is 0 Å². The second-order valence-corrected chi connectivity index (χ2v) is 3.53. The maximum atomic E-state index is 11.0. The first-order valence-electron chi connectivity index (χ1n) is 5.54. The fourth-order valence-corrected chi connectivity index (χ4v) is 1.14. The summed E-state index contributed by atoms with van der Waals surface area (Å²) in [6, 6.07) is 0. The van der Waals surface area contributed by atoms with E-state index in [4.69, 9.17) is 4.74 Å². The molecule has 14 heavy (non-hydrogen) atoms. The van der Waals surface area contributed by atoms with Gasteiger partial charge in [0.15, 0.2) is 0 Å². The third kappa shape index (κ3) is 8.05. The van der Waals surface area contributed by atoms with E-state index < -0.39 is 0 Å². The molecule has 0 saturated carbocycles. The lowest BCUT2D eigenvalue weighted by Gasteiger charge is -2.06. The average molecular weight is 202 g/mol. The Bertz CT molecular complexity index is 145. The number of aliphatic hydroxyl groups is 1. The molecule has 0 spiro atoms. The summed E-state index contributed by atoms with van der Waals surface area (Å²) in [5, 5.41) is 9.25. The molecule has 0 amide bonds. The molecule has 0 aliphatic heterocycles. The fourth-order valence-electron chi connectivity index (χ4n) is 1.14. The third-order valence-corrected chi connectivity index (χ3v) is 2.11. The molecule has 0 aromatic rings. The maximum Gasteiger partial charge on any atom is 0.305 e. The number of aliphatic hydroxyl groups excluding tert-OH is 1. The van der Waals surface area contributed by atoms with Crippen molar-refractivity contribution in [3.05, 3.63) is 0 Å². The normalized spacial score (nSPS) is 12.5. The van der Waals surface area contributed by atoms with Gasteiger partial charge in [-0.1, -0.05) is 20.3 Å². The van der Waals surface area contributed by atoms with E-state index in [9.17, 15) is 9.90 Å². The number of rotatable bonds is 8. The summed E-state index contributed by atoms with van der Waals surface area (Å²) < 4.78 is 4.92. The van der Waals surface area contributed by atoms with Crippen molar-refractivity contribution in [3.63, 3.8) is 0 Å². The Kier molecular flexibility index (Phi) is 8.64. The minimum absolute atomic E-state index is 0.113. The van der Waals surface area contributed by atoms with Gasteiger partial charge in [-0.15, -0.1) is 0 Å². The molecule has 0 radical (unpaired) electrons. The second kappa shape index (κ2) is 9.00. The van der Waals surface area contributed by atoms with Crippen molar-refractivity contribution in [2.75, 3.05) is 6.61 Å². The molecular weight excluding hydrogens is 180 g/mol. The zero-order valence-electron chi connectivity index (χ0n) is 9.29. The summed E-state index contributed by atoms with van der Waals surface area (Å²) in [6.45, 7) is 4.46. The SMILES string of the molecule is CCCOC(=O)CCCCC(O)CC. The summed E-state index contributed by atoms with van der Waals surface area (Å²) in [7, 11) is 0. The van der Waals surface area contributed by atoms with E-state index in [1.54, 1.807) is 0 Å². The predicted molar refractivity (Wildman–Crippen MR) is 56.0 cm³/mol. The van der Waals surface area contributed by atoms with Crippen LogP contribution in [-0.2, 0) is 9.53 Å². The molecule has 84 valence electrons. The molecule has 0 bridgehead atoms. The Morgan fingerprint density at radius 2 is 2.07 bits per heavy atom. The van der Waals surface area contributed by atoms with E-state index in [1.165, 1.54) is 0 Å². The van der Waals surface area contributed by atoms with Gasteiger partial charge in [-0.25, -0.2) is 0 Å². The van der Waals surface area contributed by atoms with E-state index in [2.05, 4.69) is 0 Å². The zero-order chi connectivity index (χ0) is 10.8. The molecule has 0 aromatic heterocycles.